The lowest BCUT2D eigenvalue weighted by Gasteiger charge is -2.29. The number of benzene rings is 1. The van der Waals surface area contributed by atoms with Gasteiger partial charge in [0.2, 0.25) is 0 Å². The van der Waals surface area contributed by atoms with Crippen LogP contribution in [-0.2, 0) is 11.2 Å². The number of nitrogens with one attached hydrogen (secondary N) is 1. The second-order valence-electron chi connectivity index (χ2n) is 5.70. The number of hydrogen-bond donors (Lipinski definition) is 2. The molecule has 1 aliphatic rings. The molecule has 21 heavy (non-hydrogen) atoms. The summed E-state index contributed by atoms with van der Waals surface area (Å²) in [4.78, 5) is 12.2. The van der Waals surface area contributed by atoms with Crippen molar-refractivity contribution in [2.24, 2.45) is 0 Å². The average molecular weight is 291 g/mol. The van der Waals surface area contributed by atoms with Crippen molar-refractivity contribution >= 4 is 5.91 Å². The molecule has 0 saturated heterocycles. The van der Waals surface area contributed by atoms with E-state index in [0.29, 0.717) is 18.7 Å². The molecule has 4 heteroatoms. The van der Waals surface area contributed by atoms with Gasteiger partial charge in [-0.3, -0.25) is 4.79 Å². The van der Waals surface area contributed by atoms with Gasteiger partial charge in [0.25, 0.3) is 5.91 Å². The summed E-state index contributed by atoms with van der Waals surface area (Å²) in [6.07, 6.45) is 5.10. The minimum absolute atomic E-state index is 0.0220. The van der Waals surface area contributed by atoms with Crippen LogP contribution in [-0.4, -0.2) is 36.4 Å². The molecule has 0 aliphatic heterocycles. The zero-order valence-electron chi connectivity index (χ0n) is 12.7. The van der Waals surface area contributed by atoms with Gasteiger partial charge in [0.1, 0.15) is 0 Å². The third kappa shape index (κ3) is 4.29. The Hall–Kier alpha value is -1.39. The van der Waals surface area contributed by atoms with Gasteiger partial charge in [0.05, 0.1) is 18.8 Å². The first-order chi connectivity index (χ1) is 10.2. The van der Waals surface area contributed by atoms with Gasteiger partial charge in [-0.25, -0.2) is 0 Å². The fraction of sp³-hybridized carbons (Fsp3) is 0.588. The van der Waals surface area contributed by atoms with Gasteiger partial charge in [-0.05, 0) is 37.0 Å². The smallest absolute Gasteiger partial charge is 0.251 e. The summed E-state index contributed by atoms with van der Waals surface area (Å²) >= 11 is 0. The molecule has 2 rings (SSSR count). The minimum atomic E-state index is -0.290. The van der Waals surface area contributed by atoms with Crippen molar-refractivity contribution in [1.82, 2.24) is 5.32 Å². The second kappa shape index (κ2) is 7.57. The lowest BCUT2D eigenvalue weighted by atomic mass is 10.0. The molecule has 1 amide bonds. The molecule has 1 aliphatic carbocycles. The second-order valence-corrected chi connectivity index (χ2v) is 5.70. The summed E-state index contributed by atoms with van der Waals surface area (Å²) in [5.74, 6) is -0.0588. The van der Waals surface area contributed by atoms with Crippen LogP contribution >= 0.6 is 0 Å². The predicted molar refractivity (Wildman–Crippen MR) is 82.4 cm³/mol. The van der Waals surface area contributed by atoms with Crippen molar-refractivity contribution in [3.8, 4) is 0 Å². The molecule has 1 fully saturated rings. The highest BCUT2D eigenvalue weighted by atomic mass is 16.5. The number of carbonyl (C=O) groups excluding carboxylic acids is 1. The Morgan fingerprint density at radius 1 is 1.29 bits per heavy atom. The summed E-state index contributed by atoms with van der Waals surface area (Å²) in [6.45, 7) is 2.97. The number of amides is 1. The Morgan fingerprint density at radius 2 is 1.95 bits per heavy atom. The quantitative estimate of drug-likeness (QED) is 0.810. The van der Waals surface area contributed by atoms with Crippen LogP contribution in [0.5, 0.6) is 0 Å². The van der Waals surface area contributed by atoms with Crippen LogP contribution in [0.3, 0.4) is 0 Å². The molecule has 0 unspecified atom stereocenters. The number of rotatable bonds is 7. The largest absolute Gasteiger partial charge is 0.394 e. The van der Waals surface area contributed by atoms with E-state index in [4.69, 9.17) is 9.84 Å². The van der Waals surface area contributed by atoms with Crippen LogP contribution in [0.4, 0.5) is 0 Å². The fourth-order valence-electron chi connectivity index (χ4n) is 2.89. The lowest BCUT2D eigenvalue weighted by molar-refractivity contribution is -0.0511. The van der Waals surface area contributed by atoms with Gasteiger partial charge < -0.3 is 15.2 Å². The summed E-state index contributed by atoms with van der Waals surface area (Å²) in [6, 6.07) is 7.71. The summed E-state index contributed by atoms with van der Waals surface area (Å²) in [7, 11) is 0. The molecule has 0 spiro atoms. The van der Waals surface area contributed by atoms with Crippen LogP contribution in [0.15, 0.2) is 24.3 Å². The van der Waals surface area contributed by atoms with Crippen LogP contribution in [0, 0.1) is 0 Å². The third-order valence-corrected chi connectivity index (χ3v) is 4.21. The monoisotopic (exact) mass is 291 g/mol. The number of aliphatic hydroxyl groups excluding tert-OH is 1. The number of ether oxygens (including phenoxy) is 1. The van der Waals surface area contributed by atoms with E-state index in [1.165, 1.54) is 5.56 Å². The highest BCUT2D eigenvalue weighted by molar-refractivity contribution is 5.94. The molecular formula is C17H25NO3. The Balaban J connectivity index is 1.91. The van der Waals surface area contributed by atoms with E-state index < -0.39 is 0 Å². The van der Waals surface area contributed by atoms with Crippen LogP contribution in [0.25, 0.3) is 0 Å². The molecule has 0 bridgehead atoms. The zero-order chi connectivity index (χ0) is 15.1. The standard InChI is InChI=1S/C17H25NO3/c1-2-14-5-7-15(8-6-14)16(20)18-13-17(21-12-11-19)9-3-4-10-17/h5-8,19H,2-4,9-13H2,1H3,(H,18,20). The third-order valence-electron chi connectivity index (χ3n) is 4.21. The normalized spacial score (nSPS) is 16.9. The van der Waals surface area contributed by atoms with E-state index in [2.05, 4.69) is 12.2 Å². The zero-order valence-corrected chi connectivity index (χ0v) is 12.7. The molecule has 2 N–H and O–H groups in total. The van der Waals surface area contributed by atoms with Crippen molar-refractivity contribution in [2.45, 2.75) is 44.6 Å². The number of aryl methyl sites for hydroxylation is 1. The van der Waals surface area contributed by atoms with E-state index >= 15 is 0 Å². The first-order valence-electron chi connectivity index (χ1n) is 7.81. The maximum atomic E-state index is 12.2. The van der Waals surface area contributed by atoms with E-state index in [0.717, 1.165) is 32.1 Å². The molecule has 116 valence electrons. The van der Waals surface area contributed by atoms with Gasteiger partial charge in [-0.15, -0.1) is 0 Å². The van der Waals surface area contributed by atoms with E-state index in [1.807, 2.05) is 24.3 Å². The Labute approximate surface area is 126 Å². The number of carbonyl (C=O) groups is 1. The van der Waals surface area contributed by atoms with Gasteiger partial charge in [-0.2, -0.15) is 0 Å². The number of hydrogen-bond acceptors (Lipinski definition) is 3. The van der Waals surface area contributed by atoms with Gasteiger partial charge in [-0.1, -0.05) is 31.9 Å². The van der Waals surface area contributed by atoms with Crippen molar-refractivity contribution in [3.05, 3.63) is 35.4 Å². The predicted octanol–water partition coefficient (Wildman–Crippen LogP) is 2.30. The maximum absolute atomic E-state index is 12.2. The van der Waals surface area contributed by atoms with Crippen molar-refractivity contribution in [1.29, 1.82) is 0 Å². The first-order valence-corrected chi connectivity index (χ1v) is 7.81. The lowest BCUT2D eigenvalue weighted by Crippen LogP contribution is -2.43. The topological polar surface area (TPSA) is 58.6 Å². The fourth-order valence-corrected chi connectivity index (χ4v) is 2.89. The highest BCUT2D eigenvalue weighted by Crippen LogP contribution is 2.32. The van der Waals surface area contributed by atoms with Crippen LogP contribution in [0.2, 0.25) is 0 Å². The maximum Gasteiger partial charge on any atom is 0.251 e. The molecule has 4 nitrogen and oxygen atoms in total. The van der Waals surface area contributed by atoms with Crippen molar-refractivity contribution in [2.75, 3.05) is 19.8 Å². The Bertz CT molecular complexity index is 450. The summed E-state index contributed by atoms with van der Waals surface area (Å²) in [5.41, 5.74) is 1.62. The van der Waals surface area contributed by atoms with Crippen molar-refractivity contribution in [3.63, 3.8) is 0 Å². The molecular weight excluding hydrogens is 266 g/mol. The van der Waals surface area contributed by atoms with Gasteiger partial charge >= 0.3 is 0 Å². The Morgan fingerprint density at radius 3 is 2.52 bits per heavy atom. The van der Waals surface area contributed by atoms with Crippen LogP contribution in [0.1, 0.15) is 48.5 Å². The summed E-state index contributed by atoms with van der Waals surface area (Å²) < 4.78 is 5.80. The van der Waals surface area contributed by atoms with Crippen LogP contribution < -0.4 is 5.32 Å². The average Bonchev–Trinajstić information content (AvgIpc) is 3.00. The minimum Gasteiger partial charge on any atom is -0.394 e. The molecule has 0 aromatic heterocycles. The number of aliphatic hydroxyl groups is 1. The molecule has 0 heterocycles. The van der Waals surface area contributed by atoms with Crippen molar-refractivity contribution < 1.29 is 14.6 Å². The van der Waals surface area contributed by atoms with E-state index in [1.54, 1.807) is 0 Å². The Kier molecular flexibility index (Phi) is 5.76. The van der Waals surface area contributed by atoms with E-state index in [-0.39, 0.29) is 18.1 Å². The summed E-state index contributed by atoms with van der Waals surface area (Å²) in [5, 5.41) is 11.9. The highest BCUT2D eigenvalue weighted by Gasteiger charge is 2.35. The van der Waals surface area contributed by atoms with E-state index in [9.17, 15) is 4.79 Å². The molecule has 0 radical (unpaired) electrons. The SMILES string of the molecule is CCc1ccc(C(=O)NCC2(OCCO)CCCC2)cc1. The molecule has 0 atom stereocenters. The first kappa shape index (κ1) is 16.0. The molecule has 1 aromatic carbocycles. The molecule has 1 aromatic rings. The van der Waals surface area contributed by atoms with Gasteiger partial charge in [0, 0.05) is 12.1 Å². The molecule has 1 saturated carbocycles. The van der Waals surface area contributed by atoms with Gasteiger partial charge in [0.15, 0.2) is 0 Å².